The molecule has 0 saturated carbocycles. The van der Waals surface area contributed by atoms with Gasteiger partial charge in [-0.15, -0.1) is 12.4 Å². The number of fused-ring (bicyclic) bond motifs is 1. The SMILES string of the molecule is Cl.O=c1cc(OCc2ccccc2)ccn1-c1ccc2c(cnn2CCN2CCC(F)(F)C2)c1. The lowest BCUT2D eigenvalue weighted by atomic mass is 10.2. The molecule has 0 radical (unpaired) electrons. The second-order valence-corrected chi connectivity index (χ2v) is 8.34. The van der Waals surface area contributed by atoms with Crippen molar-refractivity contribution in [1.82, 2.24) is 19.2 Å². The minimum Gasteiger partial charge on any atom is -0.489 e. The first-order chi connectivity index (χ1) is 16.0. The number of alkyl halides is 2. The molecule has 0 aliphatic carbocycles. The summed E-state index contributed by atoms with van der Waals surface area (Å²) in [6.07, 6.45) is 3.35. The van der Waals surface area contributed by atoms with Crippen LogP contribution in [0.5, 0.6) is 5.75 Å². The monoisotopic (exact) mass is 486 g/mol. The van der Waals surface area contributed by atoms with Crippen molar-refractivity contribution in [3.63, 3.8) is 0 Å². The maximum absolute atomic E-state index is 13.4. The number of benzene rings is 2. The molecular weight excluding hydrogens is 462 g/mol. The lowest BCUT2D eigenvalue weighted by molar-refractivity contribution is 0.0119. The summed E-state index contributed by atoms with van der Waals surface area (Å²) < 4.78 is 35.9. The molecule has 0 bridgehead atoms. The third-order valence-electron chi connectivity index (χ3n) is 5.92. The fraction of sp³-hybridized carbons (Fsp3) is 0.280. The molecule has 1 aliphatic rings. The third kappa shape index (κ3) is 5.29. The highest BCUT2D eigenvalue weighted by Crippen LogP contribution is 2.26. The molecule has 9 heteroatoms. The third-order valence-corrected chi connectivity index (χ3v) is 5.92. The Balaban J connectivity index is 0.00000274. The number of pyridine rings is 1. The van der Waals surface area contributed by atoms with Gasteiger partial charge in [-0.3, -0.25) is 18.9 Å². The zero-order valence-corrected chi connectivity index (χ0v) is 19.3. The fourth-order valence-corrected chi connectivity index (χ4v) is 4.14. The molecule has 178 valence electrons. The zero-order chi connectivity index (χ0) is 22.8. The maximum Gasteiger partial charge on any atom is 0.261 e. The fourth-order valence-electron chi connectivity index (χ4n) is 4.14. The van der Waals surface area contributed by atoms with Crippen LogP contribution >= 0.6 is 12.4 Å². The van der Waals surface area contributed by atoms with Crippen molar-refractivity contribution >= 4 is 23.3 Å². The van der Waals surface area contributed by atoms with Gasteiger partial charge in [-0.25, -0.2) is 8.78 Å². The van der Waals surface area contributed by atoms with Crippen molar-refractivity contribution in [2.24, 2.45) is 0 Å². The van der Waals surface area contributed by atoms with Crippen LogP contribution in [-0.4, -0.2) is 44.8 Å². The van der Waals surface area contributed by atoms with Crippen molar-refractivity contribution in [1.29, 1.82) is 0 Å². The van der Waals surface area contributed by atoms with Gasteiger partial charge in [0.05, 0.1) is 24.8 Å². The van der Waals surface area contributed by atoms with Gasteiger partial charge in [0.15, 0.2) is 0 Å². The van der Waals surface area contributed by atoms with E-state index in [4.69, 9.17) is 4.74 Å². The van der Waals surface area contributed by atoms with Crippen molar-refractivity contribution in [2.75, 3.05) is 19.6 Å². The van der Waals surface area contributed by atoms with Gasteiger partial charge in [0.2, 0.25) is 0 Å². The average Bonchev–Trinajstić information content (AvgIpc) is 3.38. The Bertz CT molecular complexity index is 1320. The largest absolute Gasteiger partial charge is 0.489 e. The molecule has 5 rings (SSSR count). The van der Waals surface area contributed by atoms with E-state index in [0.717, 1.165) is 22.2 Å². The summed E-state index contributed by atoms with van der Waals surface area (Å²) in [6.45, 7) is 1.67. The number of ether oxygens (including phenoxy) is 1. The van der Waals surface area contributed by atoms with Crippen molar-refractivity contribution in [2.45, 2.75) is 25.5 Å². The quantitative estimate of drug-likeness (QED) is 0.385. The van der Waals surface area contributed by atoms with E-state index < -0.39 is 5.92 Å². The van der Waals surface area contributed by atoms with E-state index in [2.05, 4.69) is 5.10 Å². The molecule has 3 heterocycles. The van der Waals surface area contributed by atoms with Gasteiger partial charge in [-0.1, -0.05) is 30.3 Å². The van der Waals surface area contributed by atoms with Gasteiger partial charge >= 0.3 is 0 Å². The molecule has 0 unspecified atom stereocenters. The van der Waals surface area contributed by atoms with E-state index >= 15 is 0 Å². The molecule has 0 atom stereocenters. The van der Waals surface area contributed by atoms with Crippen LogP contribution in [0, 0.1) is 0 Å². The minimum atomic E-state index is -2.59. The van der Waals surface area contributed by atoms with E-state index in [1.807, 2.05) is 53.2 Å². The molecule has 0 N–H and O–H groups in total. The lowest BCUT2D eigenvalue weighted by Crippen LogP contribution is -2.28. The van der Waals surface area contributed by atoms with Gasteiger partial charge in [0.1, 0.15) is 12.4 Å². The van der Waals surface area contributed by atoms with E-state index in [1.165, 1.54) is 6.07 Å². The number of aromatic nitrogens is 3. The molecule has 34 heavy (non-hydrogen) atoms. The molecule has 1 saturated heterocycles. The highest BCUT2D eigenvalue weighted by atomic mass is 35.5. The van der Waals surface area contributed by atoms with Gasteiger partial charge < -0.3 is 4.74 Å². The number of likely N-dealkylation sites (tertiary alicyclic amines) is 1. The Morgan fingerprint density at radius 3 is 2.59 bits per heavy atom. The van der Waals surface area contributed by atoms with Crippen LogP contribution in [0.15, 0.2) is 77.9 Å². The summed E-state index contributed by atoms with van der Waals surface area (Å²) in [5.74, 6) is -2.07. The normalized spacial score (nSPS) is 15.4. The summed E-state index contributed by atoms with van der Waals surface area (Å²) >= 11 is 0. The lowest BCUT2D eigenvalue weighted by Gasteiger charge is -2.15. The van der Waals surface area contributed by atoms with Gasteiger partial charge in [-0.2, -0.15) is 5.10 Å². The first kappa shape index (κ1) is 23.9. The molecule has 2 aromatic heterocycles. The van der Waals surface area contributed by atoms with Crippen LogP contribution in [0.1, 0.15) is 12.0 Å². The number of rotatable bonds is 7. The summed E-state index contributed by atoms with van der Waals surface area (Å²) in [5.41, 5.74) is 2.46. The molecule has 4 aromatic rings. The summed E-state index contributed by atoms with van der Waals surface area (Å²) in [4.78, 5) is 14.5. The van der Waals surface area contributed by atoms with Gasteiger partial charge in [0.25, 0.3) is 11.5 Å². The Labute approximate surface area is 201 Å². The average molecular weight is 487 g/mol. The number of halogens is 3. The van der Waals surface area contributed by atoms with Crippen LogP contribution in [0.4, 0.5) is 8.78 Å². The van der Waals surface area contributed by atoms with Gasteiger partial charge in [0, 0.05) is 42.8 Å². The van der Waals surface area contributed by atoms with Gasteiger partial charge in [-0.05, 0) is 29.8 Å². The summed E-state index contributed by atoms with van der Waals surface area (Å²) in [5, 5.41) is 5.30. The van der Waals surface area contributed by atoms with Crippen LogP contribution in [0.3, 0.4) is 0 Å². The molecular formula is C25H25ClF2N4O2. The Hall–Kier alpha value is -3.23. The van der Waals surface area contributed by atoms with E-state index in [9.17, 15) is 13.6 Å². The van der Waals surface area contributed by atoms with Crippen molar-refractivity contribution in [3.8, 4) is 11.4 Å². The van der Waals surface area contributed by atoms with Crippen LogP contribution in [-0.2, 0) is 13.2 Å². The Kier molecular flexibility index (Phi) is 7.00. The predicted molar refractivity (Wildman–Crippen MR) is 129 cm³/mol. The second kappa shape index (κ2) is 9.95. The zero-order valence-electron chi connectivity index (χ0n) is 18.4. The van der Waals surface area contributed by atoms with E-state index in [-0.39, 0.29) is 30.9 Å². The van der Waals surface area contributed by atoms with E-state index in [0.29, 0.717) is 32.0 Å². The predicted octanol–water partition coefficient (Wildman–Crippen LogP) is 4.53. The smallest absolute Gasteiger partial charge is 0.261 e. The minimum absolute atomic E-state index is 0. The van der Waals surface area contributed by atoms with Crippen molar-refractivity contribution in [3.05, 3.63) is 89.0 Å². The molecule has 1 fully saturated rings. The maximum atomic E-state index is 13.4. The number of nitrogens with zero attached hydrogens (tertiary/aromatic N) is 4. The molecule has 0 amide bonds. The van der Waals surface area contributed by atoms with Crippen LogP contribution < -0.4 is 10.3 Å². The molecule has 2 aromatic carbocycles. The van der Waals surface area contributed by atoms with Crippen LogP contribution in [0.25, 0.3) is 16.6 Å². The number of hydrogen-bond acceptors (Lipinski definition) is 4. The second-order valence-electron chi connectivity index (χ2n) is 8.34. The molecule has 0 spiro atoms. The van der Waals surface area contributed by atoms with Crippen molar-refractivity contribution < 1.29 is 13.5 Å². The molecule has 1 aliphatic heterocycles. The Morgan fingerprint density at radius 1 is 1.03 bits per heavy atom. The first-order valence-corrected chi connectivity index (χ1v) is 10.9. The Morgan fingerprint density at radius 2 is 1.85 bits per heavy atom. The molecule has 6 nitrogen and oxygen atoms in total. The standard InChI is InChI=1S/C25H24F2N4O2.ClH/c26-25(27)9-11-29(18-25)12-13-31-23-7-6-21(14-20(23)16-28-31)30-10-8-22(15-24(30)32)33-17-19-4-2-1-3-5-19;/h1-8,10,14-16H,9,11-13,17-18H2;1H. The highest BCUT2D eigenvalue weighted by molar-refractivity contribution is 5.85. The highest BCUT2D eigenvalue weighted by Gasteiger charge is 2.37. The number of hydrogen-bond donors (Lipinski definition) is 0. The van der Waals surface area contributed by atoms with Crippen LogP contribution in [0.2, 0.25) is 0 Å². The van der Waals surface area contributed by atoms with E-state index in [1.54, 1.807) is 27.9 Å². The topological polar surface area (TPSA) is 52.3 Å². The first-order valence-electron chi connectivity index (χ1n) is 10.9. The summed E-state index contributed by atoms with van der Waals surface area (Å²) in [7, 11) is 0. The summed E-state index contributed by atoms with van der Waals surface area (Å²) in [6, 6.07) is 18.7.